The first-order chi connectivity index (χ1) is 12.8. The van der Waals surface area contributed by atoms with Crippen LogP contribution in [0.4, 0.5) is 10.1 Å². The van der Waals surface area contributed by atoms with Crippen LogP contribution in [0, 0.1) is 5.82 Å². The highest BCUT2D eigenvalue weighted by Gasteiger charge is 2.19. The molecule has 0 unspecified atom stereocenters. The molecule has 0 radical (unpaired) electrons. The highest BCUT2D eigenvalue weighted by atomic mass is 19.1. The number of nitrogens with zero attached hydrogens (tertiary/aromatic N) is 5. The first-order valence-corrected chi connectivity index (χ1v) is 8.97. The summed E-state index contributed by atoms with van der Waals surface area (Å²) in [6, 6.07) is 17.1. The first-order valence-electron chi connectivity index (χ1n) is 8.97. The zero-order valence-corrected chi connectivity index (χ0v) is 14.6. The molecule has 3 aromatic rings. The molecule has 0 spiro atoms. The molecular formula is C20H22FN5. The summed E-state index contributed by atoms with van der Waals surface area (Å²) in [4.78, 5) is 4.51. The van der Waals surface area contributed by atoms with Gasteiger partial charge in [-0.15, -0.1) is 5.10 Å². The van der Waals surface area contributed by atoms with Gasteiger partial charge < -0.3 is 4.90 Å². The Morgan fingerprint density at radius 1 is 0.846 bits per heavy atom. The molecule has 0 saturated carbocycles. The minimum absolute atomic E-state index is 0.142. The standard InChI is InChI=1S/C20H22FN5/c21-18-8-4-5-9-20(18)25-13-10-24(11-14-25)12-15-26-16-19(22-23-26)17-6-2-1-3-7-17/h1-9,16H,10-15H2. The van der Waals surface area contributed by atoms with E-state index >= 15 is 0 Å². The summed E-state index contributed by atoms with van der Waals surface area (Å²) < 4.78 is 15.8. The second kappa shape index (κ2) is 7.66. The van der Waals surface area contributed by atoms with Crippen molar-refractivity contribution >= 4 is 5.69 Å². The fourth-order valence-electron chi connectivity index (χ4n) is 3.31. The van der Waals surface area contributed by atoms with E-state index in [4.69, 9.17) is 0 Å². The van der Waals surface area contributed by atoms with Crippen molar-refractivity contribution in [2.45, 2.75) is 6.54 Å². The predicted octanol–water partition coefficient (Wildman–Crippen LogP) is 2.91. The van der Waals surface area contributed by atoms with E-state index in [0.717, 1.165) is 50.5 Å². The number of halogens is 1. The van der Waals surface area contributed by atoms with Crippen LogP contribution >= 0.6 is 0 Å². The van der Waals surface area contributed by atoms with Gasteiger partial charge >= 0.3 is 0 Å². The molecule has 0 N–H and O–H groups in total. The molecule has 2 heterocycles. The summed E-state index contributed by atoms with van der Waals surface area (Å²) >= 11 is 0. The van der Waals surface area contributed by atoms with Gasteiger partial charge in [-0.05, 0) is 12.1 Å². The second-order valence-corrected chi connectivity index (χ2v) is 6.51. The Kier molecular flexibility index (Phi) is 4.93. The third-order valence-corrected chi connectivity index (χ3v) is 4.82. The van der Waals surface area contributed by atoms with E-state index in [1.807, 2.05) is 53.3 Å². The van der Waals surface area contributed by atoms with Crippen molar-refractivity contribution in [2.75, 3.05) is 37.6 Å². The number of rotatable bonds is 5. The van der Waals surface area contributed by atoms with Crippen molar-refractivity contribution in [3.63, 3.8) is 0 Å². The van der Waals surface area contributed by atoms with E-state index in [1.165, 1.54) is 6.07 Å². The monoisotopic (exact) mass is 351 g/mol. The van der Waals surface area contributed by atoms with Crippen molar-refractivity contribution in [1.29, 1.82) is 0 Å². The van der Waals surface area contributed by atoms with Crippen LogP contribution in [0.25, 0.3) is 11.3 Å². The molecule has 1 aliphatic rings. The lowest BCUT2D eigenvalue weighted by atomic mass is 10.2. The predicted molar refractivity (Wildman–Crippen MR) is 101 cm³/mol. The van der Waals surface area contributed by atoms with Crippen molar-refractivity contribution in [1.82, 2.24) is 19.9 Å². The third kappa shape index (κ3) is 3.75. The van der Waals surface area contributed by atoms with E-state index < -0.39 is 0 Å². The van der Waals surface area contributed by atoms with E-state index in [1.54, 1.807) is 6.07 Å². The maximum absolute atomic E-state index is 13.9. The van der Waals surface area contributed by atoms with E-state index in [0.29, 0.717) is 5.69 Å². The Bertz CT molecular complexity index is 840. The zero-order chi connectivity index (χ0) is 17.8. The Balaban J connectivity index is 1.29. The van der Waals surface area contributed by atoms with Crippen molar-refractivity contribution in [3.05, 3.63) is 66.6 Å². The number of aromatic nitrogens is 3. The molecule has 0 bridgehead atoms. The van der Waals surface area contributed by atoms with Gasteiger partial charge in [-0.3, -0.25) is 9.58 Å². The number of hydrogen-bond acceptors (Lipinski definition) is 4. The minimum atomic E-state index is -0.142. The topological polar surface area (TPSA) is 37.2 Å². The minimum Gasteiger partial charge on any atom is -0.367 e. The van der Waals surface area contributed by atoms with Crippen LogP contribution in [0.2, 0.25) is 0 Å². The third-order valence-electron chi connectivity index (χ3n) is 4.82. The fraction of sp³-hybridized carbons (Fsp3) is 0.300. The largest absolute Gasteiger partial charge is 0.367 e. The molecule has 26 heavy (non-hydrogen) atoms. The Hall–Kier alpha value is -2.73. The summed E-state index contributed by atoms with van der Waals surface area (Å²) in [5.74, 6) is -0.142. The Morgan fingerprint density at radius 3 is 2.35 bits per heavy atom. The maximum Gasteiger partial charge on any atom is 0.146 e. The summed E-state index contributed by atoms with van der Waals surface area (Å²) in [7, 11) is 0. The molecular weight excluding hydrogens is 329 g/mol. The van der Waals surface area contributed by atoms with Crippen LogP contribution in [0.3, 0.4) is 0 Å². The van der Waals surface area contributed by atoms with Gasteiger partial charge in [-0.1, -0.05) is 47.7 Å². The quantitative estimate of drug-likeness (QED) is 0.708. The molecule has 1 aromatic heterocycles. The normalized spacial score (nSPS) is 15.3. The lowest BCUT2D eigenvalue weighted by Gasteiger charge is -2.36. The summed E-state index contributed by atoms with van der Waals surface area (Å²) in [6.07, 6.45) is 1.99. The van der Waals surface area contributed by atoms with Crippen LogP contribution < -0.4 is 4.90 Å². The Labute approximate surface area is 152 Å². The molecule has 134 valence electrons. The van der Waals surface area contributed by atoms with Gasteiger partial charge in [0.2, 0.25) is 0 Å². The molecule has 0 atom stereocenters. The molecule has 6 heteroatoms. The molecule has 1 aliphatic heterocycles. The smallest absolute Gasteiger partial charge is 0.146 e. The maximum atomic E-state index is 13.9. The SMILES string of the molecule is Fc1ccccc1N1CCN(CCn2cc(-c3ccccc3)nn2)CC1. The molecule has 4 rings (SSSR count). The number of benzene rings is 2. The van der Waals surface area contributed by atoms with E-state index in [9.17, 15) is 4.39 Å². The fourth-order valence-corrected chi connectivity index (χ4v) is 3.31. The molecule has 2 aromatic carbocycles. The van der Waals surface area contributed by atoms with Gasteiger partial charge in [0.05, 0.1) is 18.4 Å². The van der Waals surface area contributed by atoms with Gasteiger partial charge in [0, 0.05) is 38.3 Å². The number of hydrogen-bond donors (Lipinski definition) is 0. The van der Waals surface area contributed by atoms with Gasteiger partial charge in [-0.25, -0.2) is 4.39 Å². The van der Waals surface area contributed by atoms with Gasteiger partial charge in [-0.2, -0.15) is 0 Å². The van der Waals surface area contributed by atoms with Gasteiger partial charge in [0.15, 0.2) is 0 Å². The highest BCUT2D eigenvalue weighted by molar-refractivity contribution is 5.57. The number of anilines is 1. The molecule has 0 aliphatic carbocycles. The number of para-hydroxylation sites is 1. The van der Waals surface area contributed by atoms with E-state index in [-0.39, 0.29) is 5.82 Å². The lowest BCUT2D eigenvalue weighted by molar-refractivity contribution is 0.243. The van der Waals surface area contributed by atoms with Crippen LogP contribution in [-0.2, 0) is 6.54 Å². The lowest BCUT2D eigenvalue weighted by Crippen LogP contribution is -2.47. The van der Waals surface area contributed by atoms with Crippen molar-refractivity contribution in [3.8, 4) is 11.3 Å². The van der Waals surface area contributed by atoms with Crippen LogP contribution in [0.5, 0.6) is 0 Å². The molecule has 1 saturated heterocycles. The van der Waals surface area contributed by atoms with Crippen LogP contribution in [0.15, 0.2) is 60.8 Å². The van der Waals surface area contributed by atoms with Crippen molar-refractivity contribution in [2.24, 2.45) is 0 Å². The molecule has 5 nitrogen and oxygen atoms in total. The first kappa shape index (κ1) is 16.7. The zero-order valence-electron chi connectivity index (χ0n) is 14.6. The summed E-state index contributed by atoms with van der Waals surface area (Å²) in [5, 5.41) is 8.49. The average molecular weight is 351 g/mol. The van der Waals surface area contributed by atoms with Crippen molar-refractivity contribution < 1.29 is 4.39 Å². The van der Waals surface area contributed by atoms with Crippen LogP contribution in [-0.4, -0.2) is 52.6 Å². The van der Waals surface area contributed by atoms with Crippen LogP contribution in [0.1, 0.15) is 0 Å². The number of piperazine rings is 1. The molecule has 1 fully saturated rings. The Morgan fingerprint density at radius 2 is 1.58 bits per heavy atom. The van der Waals surface area contributed by atoms with Gasteiger partial charge in [0.1, 0.15) is 11.5 Å². The average Bonchev–Trinajstić information content (AvgIpc) is 3.17. The highest BCUT2D eigenvalue weighted by Crippen LogP contribution is 2.20. The van der Waals surface area contributed by atoms with Gasteiger partial charge in [0.25, 0.3) is 0 Å². The summed E-state index contributed by atoms with van der Waals surface area (Å²) in [5.41, 5.74) is 2.68. The molecule has 0 amide bonds. The second-order valence-electron chi connectivity index (χ2n) is 6.51. The van der Waals surface area contributed by atoms with E-state index in [2.05, 4.69) is 20.1 Å². The summed E-state index contributed by atoms with van der Waals surface area (Å²) in [6.45, 7) is 5.26.